The van der Waals surface area contributed by atoms with E-state index in [2.05, 4.69) is 20.6 Å². The number of aliphatic carboxylic acids is 1. The highest BCUT2D eigenvalue weighted by Crippen LogP contribution is 2.20. The monoisotopic (exact) mass is 568 g/mol. The van der Waals surface area contributed by atoms with Gasteiger partial charge in [0.25, 0.3) is 5.91 Å². The number of piperazine rings is 1. The molecule has 0 radical (unpaired) electrons. The van der Waals surface area contributed by atoms with Gasteiger partial charge in [-0.05, 0) is 26.2 Å². The van der Waals surface area contributed by atoms with Crippen LogP contribution in [0.3, 0.4) is 0 Å². The number of amides is 3. The first-order valence-electron chi connectivity index (χ1n) is 13.9. The molecular formula is C28H36N6O7. The smallest absolute Gasteiger partial charge is 0.409 e. The number of nitrogens with zero attached hydrogens (tertiary/aromatic N) is 4. The van der Waals surface area contributed by atoms with Gasteiger partial charge in [0.05, 0.1) is 12.7 Å². The topological polar surface area (TPSA) is 163 Å². The molecule has 4 rings (SSSR count). The van der Waals surface area contributed by atoms with Crippen LogP contribution in [0.15, 0.2) is 36.4 Å². The minimum absolute atomic E-state index is 0.0361. The van der Waals surface area contributed by atoms with Crippen molar-refractivity contribution in [1.82, 2.24) is 25.1 Å². The van der Waals surface area contributed by atoms with Crippen molar-refractivity contribution >= 4 is 29.7 Å². The van der Waals surface area contributed by atoms with Crippen molar-refractivity contribution in [2.75, 3.05) is 51.3 Å². The van der Waals surface area contributed by atoms with E-state index in [9.17, 15) is 24.3 Å². The van der Waals surface area contributed by atoms with Crippen LogP contribution in [0.1, 0.15) is 43.1 Å². The van der Waals surface area contributed by atoms with Gasteiger partial charge in [-0.3, -0.25) is 14.4 Å². The summed E-state index contributed by atoms with van der Waals surface area (Å²) in [6.45, 7) is 4.22. The summed E-state index contributed by atoms with van der Waals surface area (Å²) in [5, 5.41) is 15.2. The van der Waals surface area contributed by atoms with E-state index in [4.69, 9.17) is 9.47 Å². The third-order valence-electron chi connectivity index (χ3n) is 6.89. The SMILES string of the molecule is CCOC(=O)N1CCN(C(=O)[C@H](CCC(=O)O)NC(=O)c2cc(NCC3CCCO3)nc(-c3ccccc3)n2)CC1. The van der Waals surface area contributed by atoms with Crippen LogP contribution in [-0.4, -0.2) is 107 Å². The maximum absolute atomic E-state index is 13.5. The van der Waals surface area contributed by atoms with E-state index < -0.39 is 29.9 Å². The largest absolute Gasteiger partial charge is 0.481 e. The first-order chi connectivity index (χ1) is 19.8. The summed E-state index contributed by atoms with van der Waals surface area (Å²) in [5.41, 5.74) is 0.745. The number of carboxylic acid groups (broad SMARTS) is 1. The first kappa shape index (κ1) is 29.7. The van der Waals surface area contributed by atoms with Gasteiger partial charge < -0.3 is 35.0 Å². The lowest BCUT2D eigenvalue weighted by atomic mass is 10.1. The molecule has 1 unspecified atom stereocenters. The van der Waals surface area contributed by atoms with Gasteiger partial charge >= 0.3 is 12.1 Å². The third-order valence-corrected chi connectivity index (χ3v) is 6.89. The van der Waals surface area contributed by atoms with E-state index in [0.717, 1.165) is 12.8 Å². The number of rotatable bonds is 11. The maximum atomic E-state index is 13.5. The van der Waals surface area contributed by atoms with E-state index in [1.807, 2.05) is 30.3 Å². The number of carbonyl (C=O) groups is 4. The Bertz CT molecular complexity index is 1210. The van der Waals surface area contributed by atoms with E-state index in [0.29, 0.717) is 30.4 Å². The molecule has 0 saturated carbocycles. The second-order valence-electron chi connectivity index (χ2n) is 9.81. The summed E-state index contributed by atoms with van der Waals surface area (Å²) in [4.78, 5) is 62.3. The maximum Gasteiger partial charge on any atom is 0.409 e. The van der Waals surface area contributed by atoms with Gasteiger partial charge in [0.15, 0.2) is 5.82 Å². The molecule has 3 N–H and O–H groups in total. The number of aromatic nitrogens is 2. The fourth-order valence-corrected chi connectivity index (χ4v) is 4.70. The summed E-state index contributed by atoms with van der Waals surface area (Å²) in [6.07, 6.45) is 1.11. The highest BCUT2D eigenvalue weighted by atomic mass is 16.6. The van der Waals surface area contributed by atoms with Crippen molar-refractivity contribution in [3.63, 3.8) is 0 Å². The molecule has 2 atom stereocenters. The third kappa shape index (κ3) is 8.37. The van der Waals surface area contributed by atoms with Crippen molar-refractivity contribution < 1.29 is 33.8 Å². The minimum atomic E-state index is -1.09. The molecule has 3 amide bonds. The zero-order valence-electron chi connectivity index (χ0n) is 23.1. The number of ether oxygens (including phenoxy) is 2. The zero-order chi connectivity index (χ0) is 29.2. The molecule has 1 aromatic heterocycles. The van der Waals surface area contributed by atoms with Crippen LogP contribution in [0.2, 0.25) is 0 Å². The molecule has 2 fully saturated rings. The molecule has 1 aromatic carbocycles. The average molecular weight is 569 g/mol. The van der Waals surface area contributed by atoms with E-state index >= 15 is 0 Å². The van der Waals surface area contributed by atoms with Crippen LogP contribution in [-0.2, 0) is 19.1 Å². The fourth-order valence-electron chi connectivity index (χ4n) is 4.70. The molecule has 2 aliphatic rings. The Morgan fingerprint density at radius 1 is 1.10 bits per heavy atom. The van der Waals surface area contributed by atoms with Gasteiger partial charge in [-0.15, -0.1) is 0 Å². The second-order valence-corrected chi connectivity index (χ2v) is 9.81. The molecule has 3 heterocycles. The molecule has 0 spiro atoms. The average Bonchev–Trinajstić information content (AvgIpc) is 3.52. The lowest BCUT2D eigenvalue weighted by Gasteiger charge is -2.35. The Morgan fingerprint density at radius 2 is 1.83 bits per heavy atom. The molecule has 13 heteroatoms. The Hall–Kier alpha value is -4.26. The molecule has 2 aromatic rings. The van der Waals surface area contributed by atoms with E-state index in [-0.39, 0.29) is 57.4 Å². The summed E-state index contributed by atoms with van der Waals surface area (Å²) < 4.78 is 10.7. The molecule has 220 valence electrons. The zero-order valence-corrected chi connectivity index (χ0v) is 23.1. The van der Waals surface area contributed by atoms with E-state index in [1.54, 1.807) is 6.92 Å². The minimum Gasteiger partial charge on any atom is -0.481 e. The normalized spacial score (nSPS) is 17.5. The highest BCUT2D eigenvalue weighted by molar-refractivity contribution is 5.97. The van der Waals surface area contributed by atoms with Crippen molar-refractivity contribution in [1.29, 1.82) is 0 Å². The number of nitrogens with one attached hydrogen (secondary N) is 2. The Labute approximate surface area is 238 Å². The van der Waals surface area contributed by atoms with Crippen LogP contribution in [0.25, 0.3) is 11.4 Å². The summed E-state index contributed by atoms with van der Waals surface area (Å²) in [7, 11) is 0. The van der Waals surface area contributed by atoms with Crippen LogP contribution >= 0.6 is 0 Å². The lowest BCUT2D eigenvalue weighted by Crippen LogP contribution is -2.56. The Balaban J connectivity index is 1.50. The van der Waals surface area contributed by atoms with Gasteiger partial charge in [-0.1, -0.05) is 30.3 Å². The van der Waals surface area contributed by atoms with Crippen molar-refractivity contribution in [3.8, 4) is 11.4 Å². The predicted molar refractivity (Wildman–Crippen MR) is 148 cm³/mol. The number of anilines is 1. The van der Waals surface area contributed by atoms with Crippen molar-refractivity contribution in [2.24, 2.45) is 0 Å². The number of hydrogen-bond donors (Lipinski definition) is 3. The summed E-state index contributed by atoms with van der Waals surface area (Å²) in [5.74, 6) is -1.37. The Kier molecular flexibility index (Phi) is 10.4. The van der Waals surface area contributed by atoms with Crippen LogP contribution in [0.5, 0.6) is 0 Å². The molecule has 13 nitrogen and oxygen atoms in total. The molecule has 0 aliphatic carbocycles. The number of benzene rings is 1. The molecule has 2 aliphatic heterocycles. The Morgan fingerprint density at radius 3 is 2.49 bits per heavy atom. The van der Waals surface area contributed by atoms with Crippen LogP contribution in [0, 0.1) is 0 Å². The molecule has 2 saturated heterocycles. The number of carboxylic acids is 1. The molecule has 41 heavy (non-hydrogen) atoms. The standard InChI is InChI=1S/C28H36N6O7/c1-2-40-28(39)34-14-12-33(13-15-34)27(38)21(10-11-24(35)36)31-26(37)22-17-23(29-18-20-9-6-16-41-20)32-25(30-22)19-7-4-3-5-8-19/h3-5,7-8,17,20-21H,2,6,9-16,18H2,1H3,(H,31,37)(H,35,36)(H,29,30,32)/t20?,21-/m0/s1. The number of carbonyl (C=O) groups excluding carboxylic acids is 3. The van der Waals surface area contributed by atoms with Gasteiger partial charge in [-0.2, -0.15) is 0 Å². The van der Waals surface area contributed by atoms with Crippen molar-refractivity contribution in [3.05, 3.63) is 42.1 Å². The summed E-state index contributed by atoms with van der Waals surface area (Å²) in [6, 6.07) is 9.62. The van der Waals surface area contributed by atoms with Crippen LogP contribution in [0.4, 0.5) is 10.6 Å². The van der Waals surface area contributed by atoms with Gasteiger partial charge in [-0.25, -0.2) is 14.8 Å². The quantitative estimate of drug-likeness (QED) is 0.365. The van der Waals surface area contributed by atoms with Gasteiger partial charge in [0.2, 0.25) is 5.91 Å². The van der Waals surface area contributed by atoms with E-state index in [1.165, 1.54) is 15.9 Å². The fraction of sp³-hybridized carbons (Fsp3) is 0.500. The van der Waals surface area contributed by atoms with Gasteiger partial charge in [0, 0.05) is 57.4 Å². The van der Waals surface area contributed by atoms with Crippen LogP contribution < -0.4 is 10.6 Å². The second kappa shape index (κ2) is 14.4. The van der Waals surface area contributed by atoms with Crippen molar-refractivity contribution in [2.45, 2.75) is 44.8 Å². The molecule has 0 bridgehead atoms. The highest BCUT2D eigenvalue weighted by Gasteiger charge is 2.31. The number of hydrogen-bond acceptors (Lipinski definition) is 9. The first-order valence-corrected chi connectivity index (χ1v) is 13.9. The molecular weight excluding hydrogens is 532 g/mol. The van der Waals surface area contributed by atoms with Gasteiger partial charge in [0.1, 0.15) is 17.6 Å². The lowest BCUT2D eigenvalue weighted by molar-refractivity contribution is -0.138. The summed E-state index contributed by atoms with van der Waals surface area (Å²) >= 11 is 0. The predicted octanol–water partition coefficient (Wildman–Crippen LogP) is 2.00.